The van der Waals surface area contributed by atoms with E-state index in [4.69, 9.17) is 0 Å². The maximum absolute atomic E-state index is 4.26. The van der Waals surface area contributed by atoms with Gasteiger partial charge >= 0.3 is 0 Å². The molecule has 0 unspecified atom stereocenters. The van der Waals surface area contributed by atoms with Crippen LogP contribution in [0.25, 0.3) is 0 Å². The Morgan fingerprint density at radius 1 is 0.923 bits per heavy atom. The number of hydrazone groups is 1. The lowest BCUT2D eigenvalue weighted by Crippen LogP contribution is -2.31. The SMILES string of the molecule is CC(C)(C)N=C/C=N/NC(C)(C)C. The topological polar surface area (TPSA) is 36.8 Å². The zero-order valence-corrected chi connectivity index (χ0v) is 9.55. The van der Waals surface area contributed by atoms with E-state index in [0.717, 1.165) is 0 Å². The maximum Gasteiger partial charge on any atom is 0.0646 e. The summed E-state index contributed by atoms with van der Waals surface area (Å²) >= 11 is 0. The van der Waals surface area contributed by atoms with E-state index in [1.54, 1.807) is 12.4 Å². The van der Waals surface area contributed by atoms with E-state index in [1.807, 2.05) is 0 Å². The van der Waals surface area contributed by atoms with E-state index in [1.165, 1.54) is 0 Å². The van der Waals surface area contributed by atoms with Gasteiger partial charge in [-0.15, -0.1) is 0 Å². The smallest absolute Gasteiger partial charge is 0.0646 e. The molecule has 13 heavy (non-hydrogen) atoms. The van der Waals surface area contributed by atoms with Crippen molar-refractivity contribution in [2.75, 3.05) is 0 Å². The van der Waals surface area contributed by atoms with E-state index in [9.17, 15) is 0 Å². The summed E-state index contributed by atoms with van der Waals surface area (Å²) in [7, 11) is 0. The number of aliphatic imine (C=N–C) groups is 1. The minimum absolute atomic E-state index is 0.0199. The lowest BCUT2D eigenvalue weighted by atomic mass is 10.1. The number of rotatable bonds is 2. The third-order valence-corrected chi connectivity index (χ3v) is 1.00. The average molecular weight is 183 g/mol. The molecule has 0 aliphatic carbocycles. The van der Waals surface area contributed by atoms with E-state index < -0.39 is 0 Å². The van der Waals surface area contributed by atoms with Crippen LogP contribution < -0.4 is 5.43 Å². The van der Waals surface area contributed by atoms with Gasteiger partial charge in [-0.25, -0.2) is 0 Å². The molecule has 0 amide bonds. The molecule has 0 aromatic carbocycles. The normalized spacial score (nSPS) is 14.3. The number of hydrogen-bond acceptors (Lipinski definition) is 3. The summed E-state index contributed by atoms with van der Waals surface area (Å²) in [6.07, 6.45) is 3.40. The van der Waals surface area contributed by atoms with Gasteiger partial charge in [-0.2, -0.15) is 5.10 Å². The fraction of sp³-hybridized carbons (Fsp3) is 0.800. The maximum atomic E-state index is 4.26. The van der Waals surface area contributed by atoms with Gasteiger partial charge in [-0.1, -0.05) is 0 Å². The summed E-state index contributed by atoms with van der Waals surface area (Å²) in [5.41, 5.74) is 2.99. The third-order valence-electron chi connectivity index (χ3n) is 1.00. The Hall–Kier alpha value is -0.860. The first-order valence-corrected chi connectivity index (χ1v) is 4.55. The molecule has 0 fully saturated rings. The molecule has 1 N–H and O–H groups in total. The zero-order valence-electron chi connectivity index (χ0n) is 9.55. The van der Waals surface area contributed by atoms with Gasteiger partial charge < -0.3 is 5.43 Å². The molecule has 76 valence electrons. The minimum Gasteiger partial charge on any atom is -0.305 e. The fourth-order valence-corrected chi connectivity index (χ4v) is 0.521. The lowest BCUT2D eigenvalue weighted by Gasteiger charge is -2.16. The fourth-order valence-electron chi connectivity index (χ4n) is 0.521. The highest BCUT2D eigenvalue weighted by molar-refractivity contribution is 6.16. The Morgan fingerprint density at radius 2 is 1.46 bits per heavy atom. The summed E-state index contributed by atoms with van der Waals surface area (Å²) in [6.45, 7) is 12.3. The first-order valence-electron chi connectivity index (χ1n) is 4.55. The van der Waals surface area contributed by atoms with E-state index >= 15 is 0 Å². The van der Waals surface area contributed by atoms with Crippen LogP contribution in [0.5, 0.6) is 0 Å². The molecular formula is C10H21N3. The van der Waals surface area contributed by atoms with Crippen molar-refractivity contribution in [2.24, 2.45) is 10.1 Å². The van der Waals surface area contributed by atoms with Crippen molar-refractivity contribution < 1.29 is 0 Å². The molecule has 0 bridgehead atoms. The first kappa shape index (κ1) is 12.1. The Labute approximate surface area is 81.3 Å². The molecule has 0 aromatic rings. The number of nitrogens with one attached hydrogen (secondary N) is 1. The van der Waals surface area contributed by atoms with Gasteiger partial charge in [0, 0.05) is 11.8 Å². The quantitative estimate of drug-likeness (QED) is 0.517. The second-order valence-electron chi connectivity index (χ2n) is 5.09. The Balaban J connectivity index is 3.84. The predicted molar refractivity (Wildman–Crippen MR) is 59.6 cm³/mol. The highest BCUT2D eigenvalue weighted by Crippen LogP contribution is 2.03. The summed E-state index contributed by atoms with van der Waals surface area (Å²) in [5.74, 6) is 0. The van der Waals surface area contributed by atoms with E-state index in [0.29, 0.717) is 0 Å². The molecule has 3 heteroatoms. The number of hydrogen-bond donors (Lipinski definition) is 1. The van der Waals surface area contributed by atoms with Gasteiger partial charge in [-0.05, 0) is 41.5 Å². The monoisotopic (exact) mass is 183 g/mol. The Morgan fingerprint density at radius 3 is 1.85 bits per heavy atom. The van der Waals surface area contributed by atoms with Crippen molar-refractivity contribution in [3.05, 3.63) is 0 Å². The second kappa shape index (κ2) is 4.40. The second-order valence-corrected chi connectivity index (χ2v) is 5.09. The molecular weight excluding hydrogens is 162 g/mol. The van der Waals surface area contributed by atoms with Crippen LogP contribution in [0, 0.1) is 0 Å². The standard InChI is InChI=1S/C10H21N3/c1-9(2,3)11-7-8-12-13-10(4,5)6/h7-8,13H,1-6H3/b11-7?,12-8+. The van der Waals surface area contributed by atoms with Crippen LogP contribution in [0.15, 0.2) is 10.1 Å². The summed E-state index contributed by atoms with van der Waals surface area (Å²) in [5, 5.41) is 4.02. The molecule has 0 aliphatic heterocycles. The Bertz CT molecular complexity index is 191. The van der Waals surface area contributed by atoms with Crippen LogP contribution in [0.4, 0.5) is 0 Å². The van der Waals surface area contributed by atoms with Crippen molar-refractivity contribution in [3.63, 3.8) is 0 Å². The third kappa shape index (κ3) is 11.1. The molecule has 3 nitrogen and oxygen atoms in total. The van der Waals surface area contributed by atoms with Gasteiger partial charge in [0.15, 0.2) is 0 Å². The molecule has 0 heterocycles. The summed E-state index contributed by atoms with van der Waals surface area (Å²) in [4.78, 5) is 4.26. The van der Waals surface area contributed by atoms with Crippen molar-refractivity contribution in [3.8, 4) is 0 Å². The van der Waals surface area contributed by atoms with Crippen molar-refractivity contribution in [2.45, 2.75) is 52.6 Å². The summed E-state index contributed by atoms with van der Waals surface area (Å²) < 4.78 is 0. The van der Waals surface area contributed by atoms with Crippen LogP contribution in [0.2, 0.25) is 0 Å². The van der Waals surface area contributed by atoms with Gasteiger partial charge in [-0.3, -0.25) is 4.99 Å². The summed E-state index contributed by atoms with van der Waals surface area (Å²) in [6, 6.07) is 0. The van der Waals surface area contributed by atoms with Gasteiger partial charge in [0.25, 0.3) is 0 Å². The molecule has 0 saturated carbocycles. The molecule has 0 atom stereocenters. The minimum atomic E-state index is -0.0201. The highest BCUT2D eigenvalue weighted by atomic mass is 15.3. The average Bonchev–Trinajstić information content (AvgIpc) is 1.81. The molecule has 0 spiro atoms. The molecule has 0 aromatic heterocycles. The zero-order chi connectivity index (χ0) is 10.5. The molecule has 0 saturated heterocycles. The van der Waals surface area contributed by atoms with E-state index in [2.05, 4.69) is 57.1 Å². The molecule has 0 radical (unpaired) electrons. The van der Waals surface area contributed by atoms with Crippen molar-refractivity contribution in [1.82, 2.24) is 5.43 Å². The van der Waals surface area contributed by atoms with Gasteiger partial charge in [0.05, 0.1) is 11.8 Å². The molecule has 0 rings (SSSR count). The van der Waals surface area contributed by atoms with Gasteiger partial charge in [0.2, 0.25) is 0 Å². The van der Waals surface area contributed by atoms with Crippen molar-refractivity contribution in [1.29, 1.82) is 0 Å². The first-order chi connectivity index (χ1) is 5.71. The number of nitrogens with zero attached hydrogens (tertiary/aromatic N) is 2. The largest absolute Gasteiger partial charge is 0.305 e. The highest BCUT2D eigenvalue weighted by Gasteiger charge is 2.05. The molecule has 0 aliphatic rings. The van der Waals surface area contributed by atoms with Gasteiger partial charge in [0.1, 0.15) is 0 Å². The van der Waals surface area contributed by atoms with E-state index in [-0.39, 0.29) is 11.1 Å². The Kier molecular flexibility index (Phi) is 4.11. The lowest BCUT2D eigenvalue weighted by molar-refractivity contribution is 0.442. The van der Waals surface area contributed by atoms with Crippen LogP contribution >= 0.6 is 0 Å². The van der Waals surface area contributed by atoms with Crippen LogP contribution in [0.1, 0.15) is 41.5 Å². The van der Waals surface area contributed by atoms with Crippen LogP contribution in [0.3, 0.4) is 0 Å². The van der Waals surface area contributed by atoms with Crippen LogP contribution in [-0.4, -0.2) is 23.5 Å². The van der Waals surface area contributed by atoms with Crippen molar-refractivity contribution >= 4 is 12.4 Å². The predicted octanol–water partition coefficient (Wildman–Crippen LogP) is 2.23. The van der Waals surface area contributed by atoms with Crippen LogP contribution in [-0.2, 0) is 0 Å².